The van der Waals surface area contributed by atoms with Gasteiger partial charge < -0.3 is 9.47 Å². The second-order valence-corrected chi connectivity index (χ2v) is 8.73. The summed E-state index contributed by atoms with van der Waals surface area (Å²) in [5, 5.41) is 5.43. The monoisotopic (exact) mass is 400 g/mol. The lowest BCUT2D eigenvalue weighted by molar-refractivity contribution is 0.0617. The Kier molecular flexibility index (Phi) is 5.71. The Bertz CT molecular complexity index is 876. The first-order chi connectivity index (χ1) is 13.2. The minimum atomic E-state index is 0.137. The van der Waals surface area contributed by atoms with Crippen LogP contribution in [0.15, 0.2) is 41.2 Å². The number of carbonyl (C=O) groups excluding carboxylic acids is 1. The van der Waals surface area contributed by atoms with Crippen LogP contribution in [0.4, 0.5) is 0 Å². The maximum absolute atomic E-state index is 13.0. The molecule has 27 heavy (non-hydrogen) atoms. The number of hydrogen-bond donors (Lipinski definition) is 0. The number of carbonyl (C=O) groups is 1. The molecule has 0 aromatic carbocycles. The molecule has 1 amide bonds. The third-order valence-electron chi connectivity index (χ3n) is 4.90. The summed E-state index contributed by atoms with van der Waals surface area (Å²) in [6, 6.07) is 8.06. The maximum atomic E-state index is 13.0. The number of thiazole rings is 1. The Morgan fingerprint density at radius 2 is 1.96 bits per heavy atom. The zero-order valence-corrected chi connectivity index (χ0v) is 17.1. The molecule has 1 fully saturated rings. The van der Waals surface area contributed by atoms with Gasteiger partial charge in [-0.3, -0.25) is 9.69 Å². The van der Waals surface area contributed by atoms with Gasteiger partial charge in [-0.1, -0.05) is 13.0 Å². The number of nitrogens with zero attached hydrogens (tertiary/aromatic N) is 4. The van der Waals surface area contributed by atoms with E-state index >= 15 is 0 Å². The van der Waals surface area contributed by atoms with E-state index in [9.17, 15) is 4.79 Å². The first-order valence-corrected chi connectivity index (χ1v) is 11.1. The van der Waals surface area contributed by atoms with E-state index in [2.05, 4.69) is 44.3 Å². The van der Waals surface area contributed by atoms with E-state index in [4.69, 9.17) is 0 Å². The van der Waals surface area contributed by atoms with Gasteiger partial charge in [0.15, 0.2) is 0 Å². The summed E-state index contributed by atoms with van der Waals surface area (Å²) in [7, 11) is 0. The van der Waals surface area contributed by atoms with Gasteiger partial charge >= 0.3 is 0 Å². The molecule has 0 aliphatic carbocycles. The van der Waals surface area contributed by atoms with Crippen LogP contribution in [0.25, 0.3) is 0 Å². The molecule has 4 rings (SSSR count). The highest BCUT2D eigenvalue weighted by atomic mass is 32.1. The van der Waals surface area contributed by atoms with Crippen LogP contribution in [0.2, 0.25) is 0 Å². The molecule has 4 heterocycles. The summed E-state index contributed by atoms with van der Waals surface area (Å²) in [4.78, 5) is 23.3. The predicted molar refractivity (Wildman–Crippen MR) is 111 cm³/mol. The molecule has 1 saturated heterocycles. The zero-order chi connectivity index (χ0) is 18.6. The third-order valence-corrected chi connectivity index (χ3v) is 6.80. The van der Waals surface area contributed by atoms with Crippen LogP contribution < -0.4 is 0 Å². The van der Waals surface area contributed by atoms with Crippen molar-refractivity contribution >= 4 is 28.6 Å². The van der Waals surface area contributed by atoms with Gasteiger partial charge in [-0.15, -0.1) is 22.7 Å². The third kappa shape index (κ3) is 4.31. The SMILES string of the molecule is CCc1nc(CN2CCN(C(=O)c3cccn3Cc3cccs3)CC2)cs1. The van der Waals surface area contributed by atoms with Crippen molar-refractivity contribution in [3.05, 3.63) is 62.5 Å². The molecular weight excluding hydrogens is 376 g/mol. The van der Waals surface area contributed by atoms with Crippen molar-refractivity contribution in [1.29, 1.82) is 0 Å². The molecule has 0 N–H and O–H groups in total. The number of amides is 1. The van der Waals surface area contributed by atoms with E-state index in [1.807, 2.05) is 23.2 Å². The van der Waals surface area contributed by atoms with Gasteiger partial charge in [-0.25, -0.2) is 4.98 Å². The van der Waals surface area contributed by atoms with Crippen LogP contribution in [0.5, 0.6) is 0 Å². The van der Waals surface area contributed by atoms with E-state index in [1.165, 1.54) is 9.88 Å². The van der Waals surface area contributed by atoms with Gasteiger partial charge in [-0.05, 0) is 30.0 Å². The first kappa shape index (κ1) is 18.4. The fourth-order valence-electron chi connectivity index (χ4n) is 3.40. The van der Waals surface area contributed by atoms with E-state index < -0.39 is 0 Å². The summed E-state index contributed by atoms with van der Waals surface area (Å²) in [6.45, 7) is 7.12. The molecular formula is C20H24N4OS2. The molecule has 0 spiro atoms. The highest BCUT2D eigenvalue weighted by Crippen LogP contribution is 2.17. The molecule has 142 valence electrons. The number of piperazine rings is 1. The van der Waals surface area contributed by atoms with Crippen LogP contribution in [0.3, 0.4) is 0 Å². The van der Waals surface area contributed by atoms with Crippen molar-refractivity contribution in [2.45, 2.75) is 26.4 Å². The number of thiophene rings is 1. The second-order valence-electron chi connectivity index (χ2n) is 6.76. The fourth-order valence-corrected chi connectivity index (χ4v) is 4.84. The molecule has 3 aromatic heterocycles. The molecule has 0 atom stereocenters. The van der Waals surface area contributed by atoms with Crippen molar-refractivity contribution in [2.75, 3.05) is 26.2 Å². The first-order valence-electron chi connectivity index (χ1n) is 9.35. The van der Waals surface area contributed by atoms with Crippen molar-refractivity contribution < 1.29 is 4.79 Å². The Morgan fingerprint density at radius 1 is 1.11 bits per heavy atom. The topological polar surface area (TPSA) is 41.4 Å². The van der Waals surface area contributed by atoms with Gasteiger partial charge in [0, 0.05) is 49.2 Å². The lowest BCUT2D eigenvalue weighted by Crippen LogP contribution is -2.48. The zero-order valence-electron chi connectivity index (χ0n) is 15.5. The van der Waals surface area contributed by atoms with Gasteiger partial charge in [0.2, 0.25) is 0 Å². The Balaban J connectivity index is 1.34. The van der Waals surface area contributed by atoms with Crippen molar-refractivity contribution in [2.24, 2.45) is 0 Å². The quantitative estimate of drug-likeness (QED) is 0.635. The van der Waals surface area contributed by atoms with E-state index in [-0.39, 0.29) is 5.91 Å². The van der Waals surface area contributed by atoms with Gasteiger partial charge in [0.05, 0.1) is 17.2 Å². The minimum Gasteiger partial charge on any atom is -0.338 e. The van der Waals surface area contributed by atoms with Gasteiger partial charge in [-0.2, -0.15) is 0 Å². The van der Waals surface area contributed by atoms with E-state index in [0.29, 0.717) is 0 Å². The minimum absolute atomic E-state index is 0.137. The average Bonchev–Trinajstić information content (AvgIpc) is 3.44. The van der Waals surface area contributed by atoms with Crippen molar-refractivity contribution in [3.63, 3.8) is 0 Å². The summed E-state index contributed by atoms with van der Waals surface area (Å²) in [6.07, 6.45) is 2.99. The summed E-state index contributed by atoms with van der Waals surface area (Å²) >= 11 is 3.46. The Hall–Kier alpha value is -1.96. The lowest BCUT2D eigenvalue weighted by atomic mass is 10.2. The summed E-state index contributed by atoms with van der Waals surface area (Å²) in [5.41, 5.74) is 1.94. The normalized spacial score (nSPS) is 15.4. The van der Waals surface area contributed by atoms with Gasteiger partial charge in [0.1, 0.15) is 5.69 Å². The number of aromatic nitrogens is 2. The molecule has 5 nitrogen and oxygen atoms in total. The molecule has 0 unspecified atom stereocenters. The van der Waals surface area contributed by atoms with E-state index in [1.54, 1.807) is 22.7 Å². The number of hydrogen-bond acceptors (Lipinski definition) is 5. The predicted octanol–water partition coefficient (Wildman–Crippen LogP) is 3.57. The van der Waals surface area contributed by atoms with Gasteiger partial charge in [0.25, 0.3) is 5.91 Å². The molecule has 1 aliphatic rings. The number of aryl methyl sites for hydroxylation is 1. The second kappa shape index (κ2) is 8.37. The highest BCUT2D eigenvalue weighted by molar-refractivity contribution is 7.10. The largest absolute Gasteiger partial charge is 0.338 e. The molecule has 3 aromatic rings. The maximum Gasteiger partial charge on any atom is 0.270 e. The van der Waals surface area contributed by atoms with Crippen LogP contribution in [0.1, 0.15) is 33.0 Å². The van der Waals surface area contributed by atoms with Crippen LogP contribution >= 0.6 is 22.7 Å². The molecule has 1 aliphatic heterocycles. The van der Waals surface area contributed by atoms with E-state index in [0.717, 1.165) is 57.1 Å². The average molecular weight is 401 g/mol. The standard InChI is InChI=1S/C20H24N4OS2/c1-2-19-21-16(15-27-19)13-22-8-10-23(11-9-22)20(25)18-6-3-7-24(18)14-17-5-4-12-26-17/h3-7,12,15H,2,8-11,13-14H2,1H3. The fraction of sp³-hybridized carbons (Fsp3) is 0.400. The van der Waals surface area contributed by atoms with Crippen molar-refractivity contribution in [3.8, 4) is 0 Å². The molecule has 0 radical (unpaired) electrons. The summed E-state index contributed by atoms with van der Waals surface area (Å²) in [5.74, 6) is 0.137. The molecule has 0 saturated carbocycles. The van der Waals surface area contributed by atoms with Crippen LogP contribution in [-0.4, -0.2) is 51.4 Å². The Morgan fingerprint density at radius 3 is 2.67 bits per heavy atom. The lowest BCUT2D eigenvalue weighted by Gasteiger charge is -2.34. The highest BCUT2D eigenvalue weighted by Gasteiger charge is 2.24. The summed E-state index contributed by atoms with van der Waals surface area (Å²) < 4.78 is 2.06. The number of rotatable bonds is 6. The van der Waals surface area contributed by atoms with Crippen molar-refractivity contribution in [1.82, 2.24) is 19.4 Å². The molecule has 7 heteroatoms. The smallest absolute Gasteiger partial charge is 0.270 e. The van der Waals surface area contributed by atoms with Crippen LogP contribution in [-0.2, 0) is 19.5 Å². The molecule has 0 bridgehead atoms. The van der Waals surface area contributed by atoms with Crippen LogP contribution in [0, 0.1) is 0 Å². The Labute approximate surface area is 167 Å².